The Labute approximate surface area is 149 Å². The van der Waals surface area contributed by atoms with Gasteiger partial charge in [0.2, 0.25) is 0 Å². The number of likely N-dealkylation sites (tertiary alicyclic amines) is 1. The summed E-state index contributed by atoms with van der Waals surface area (Å²) in [5, 5.41) is 9.29. The van der Waals surface area contributed by atoms with Crippen molar-refractivity contribution in [2.45, 2.75) is 25.8 Å². The predicted molar refractivity (Wildman–Crippen MR) is 101 cm³/mol. The van der Waals surface area contributed by atoms with Crippen molar-refractivity contribution in [2.24, 2.45) is 4.99 Å². The van der Waals surface area contributed by atoms with Crippen LogP contribution in [0.25, 0.3) is 0 Å². The van der Waals surface area contributed by atoms with E-state index < -0.39 is 6.09 Å². The molecule has 1 aliphatic heterocycles. The highest BCUT2D eigenvalue weighted by Crippen LogP contribution is 2.10. The van der Waals surface area contributed by atoms with Crippen LogP contribution in [0.4, 0.5) is 10.5 Å². The fourth-order valence-electron chi connectivity index (χ4n) is 2.80. The lowest BCUT2D eigenvalue weighted by molar-refractivity contribution is 0.187. The summed E-state index contributed by atoms with van der Waals surface area (Å²) in [4.78, 5) is 17.9. The van der Waals surface area contributed by atoms with Gasteiger partial charge in [0.1, 0.15) is 0 Å². The summed E-state index contributed by atoms with van der Waals surface area (Å²) in [5.41, 5.74) is 1.81. The Morgan fingerprint density at radius 2 is 1.88 bits per heavy atom. The highest BCUT2D eigenvalue weighted by molar-refractivity contribution is 5.84. The molecule has 1 aliphatic rings. The summed E-state index contributed by atoms with van der Waals surface area (Å²) in [6.07, 6.45) is 3.52. The van der Waals surface area contributed by atoms with Gasteiger partial charge in [-0.1, -0.05) is 18.6 Å². The molecule has 0 spiro atoms. The second kappa shape index (κ2) is 10.6. The average Bonchev–Trinajstić information content (AvgIpc) is 2.66. The van der Waals surface area contributed by atoms with E-state index in [2.05, 4.69) is 30.6 Å². The van der Waals surface area contributed by atoms with Gasteiger partial charge in [0, 0.05) is 32.4 Å². The summed E-state index contributed by atoms with van der Waals surface area (Å²) >= 11 is 0. The first-order valence-corrected chi connectivity index (χ1v) is 8.82. The average molecular weight is 347 g/mol. The number of ether oxygens (including phenoxy) is 1. The van der Waals surface area contributed by atoms with Gasteiger partial charge in [-0.25, -0.2) is 4.79 Å². The number of aliphatic imine (C=N–C) groups is 1. The number of hydrogen-bond donors (Lipinski definition) is 3. The first-order chi connectivity index (χ1) is 12.2. The predicted octanol–water partition coefficient (Wildman–Crippen LogP) is 2.02. The van der Waals surface area contributed by atoms with Crippen molar-refractivity contribution >= 4 is 17.7 Å². The van der Waals surface area contributed by atoms with Gasteiger partial charge >= 0.3 is 6.09 Å². The van der Waals surface area contributed by atoms with Crippen LogP contribution in [0, 0.1) is 0 Å². The van der Waals surface area contributed by atoms with Crippen LogP contribution in [0.5, 0.6) is 0 Å². The maximum atomic E-state index is 11.2. The van der Waals surface area contributed by atoms with Crippen LogP contribution >= 0.6 is 0 Å². The van der Waals surface area contributed by atoms with Crippen LogP contribution in [0.3, 0.4) is 0 Å². The fraction of sp³-hybridized carbons (Fsp3) is 0.556. The van der Waals surface area contributed by atoms with Gasteiger partial charge in [-0.15, -0.1) is 0 Å². The zero-order chi connectivity index (χ0) is 17.9. The molecule has 1 saturated heterocycles. The van der Waals surface area contributed by atoms with Crippen LogP contribution < -0.4 is 16.0 Å². The molecular formula is C18H29N5O2. The summed E-state index contributed by atoms with van der Waals surface area (Å²) < 4.78 is 4.57. The summed E-state index contributed by atoms with van der Waals surface area (Å²) in [5.74, 6) is 0.800. The molecule has 0 atom stereocenters. The van der Waals surface area contributed by atoms with E-state index in [1.807, 2.05) is 24.3 Å². The third-order valence-electron chi connectivity index (χ3n) is 4.24. The lowest BCUT2D eigenvalue weighted by Gasteiger charge is -2.26. The zero-order valence-electron chi connectivity index (χ0n) is 15.2. The molecule has 1 heterocycles. The molecule has 0 saturated carbocycles. The van der Waals surface area contributed by atoms with E-state index in [9.17, 15) is 4.79 Å². The minimum Gasteiger partial charge on any atom is -0.453 e. The highest BCUT2D eigenvalue weighted by Gasteiger charge is 2.09. The van der Waals surface area contributed by atoms with E-state index in [1.165, 1.54) is 39.5 Å². The standard InChI is InChI=1S/C18H29N5O2/c1-19-17(20-10-13-23-11-4-3-5-12-23)21-14-15-6-8-16(9-7-15)22-18(24)25-2/h6-9H,3-5,10-14H2,1-2H3,(H,22,24)(H2,19,20,21). The van der Waals surface area contributed by atoms with Crippen molar-refractivity contribution in [3.05, 3.63) is 29.8 Å². The lowest BCUT2D eigenvalue weighted by atomic mass is 10.1. The van der Waals surface area contributed by atoms with Gasteiger partial charge in [-0.05, 0) is 43.6 Å². The Morgan fingerprint density at radius 3 is 2.52 bits per heavy atom. The van der Waals surface area contributed by atoms with Gasteiger partial charge < -0.3 is 20.3 Å². The van der Waals surface area contributed by atoms with Gasteiger partial charge in [0.25, 0.3) is 0 Å². The summed E-state index contributed by atoms with van der Waals surface area (Å²) in [7, 11) is 3.12. The molecule has 0 radical (unpaired) electrons. The number of anilines is 1. The molecule has 2 rings (SSSR count). The molecule has 0 unspecified atom stereocenters. The van der Waals surface area contributed by atoms with Gasteiger partial charge in [0.05, 0.1) is 7.11 Å². The number of amides is 1. The number of methoxy groups -OCH3 is 1. The number of nitrogens with one attached hydrogen (secondary N) is 3. The summed E-state index contributed by atoms with van der Waals surface area (Å²) in [6, 6.07) is 7.61. The molecule has 7 heteroatoms. The minimum absolute atomic E-state index is 0.468. The maximum Gasteiger partial charge on any atom is 0.411 e. The second-order valence-electron chi connectivity index (χ2n) is 6.07. The molecule has 1 amide bonds. The first kappa shape index (κ1) is 19.1. The van der Waals surface area contributed by atoms with Crippen LogP contribution in [0.1, 0.15) is 24.8 Å². The number of rotatable bonds is 6. The third kappa shape index (κ3) is 7.01. The molecule has 0 aromatic heterocycles. The van der Waals surface area contributed by atoms with Crippen LogP contribution in [0.2, 0.25) is 0 Å². The van der Waals surface area contributed by atoms with E-state index >= 15 is 0 Å². The Hall–Kier alpha value is -2.28. The number of nitrogens with zero attached hydrogens (tertiary/aromatic N) is 2. The monoisotopic (exact) mass is 347 g/mol. The first-order valence-electron chi connectivity index (χ1n) is 8.82. The highest BCUT2D eigenvalue weighted by atomic mass is 16.5. The Kier molecular flexibility index (Phi) is 8.04. The largest absolute Gasteiger partial charge is 0.453 e. The Morgan fingerprint density at radius 1 is 1.16 bits per heavy atom. The molecular weight excluding hydrogens is 318 g/mol. The number of piperidine rings is 1. The van der Waals surface area contributed by atoms with Crippen molar-refractivity contribution in [3.63, 3.8) is 0 Å². The van der Waals surface area contributed by atoms with Gasteiger partial charge in [0.15, 0.2) is 5.96 Å². The Bertz CT molecular complexity index is 553. The fourth-order valence-corrected chi connectivity index (χ4v) is 2.80. The topological polar surface area (TPSA) is 78.0 Å². The second-order valence-corrected chi connectivity index (χ2v) is 6.07. The van der Waals surface area contributed by atoms with Crippen LogP contribution in [-0.4, -0.2) is 57.3 Å². The van der Waals surface area contributed by atoms with Crippen molar-refractivity contribution < 1.29 is 9.53 Å². The summed E-state index contributed by atoms with van der Waals surface area (Å²) in [6.45, 7) is 5.03. The lowest BCUT2D eigenvalue weighted by Crippen LogP contribution is -2.42. The quantitative estimate of drug-likeness (QED) is 0.542. The normalized spacial score (nSPS) is 15.5. The van der Waals surface area contributed by atoms with Crippen LogP contribution in [0.15, 0.2) is 29.3 Å². The van der Waals surface area contributed by atoms with Crippen molar-refractivity contribution in [3.8, 4) is 0 Å². The third-order valence-corrected chi connectivity index (χ3v) is 4.24. The van der Waals surface area contributed by atoms with E-state index in [4.69, 9.17) is 0 Å². The maximum absolute atomic E-state index is 11.2. The van der Waals surface area contributed by atoms with E-state index in [1.54, 1.807) is 7.05 Å². The number of benzene rings is 1. The smallest absolute Gasteiger partial charge is 0.411 e. The molecule has 25 heavy (non-hydrogen) atoms. The molecule has 1 aromatic rings. The van der Waals surface area contributed by atoms with Gasteiger partial charge in [-0.2, -0.15) is 0 Å². The van der Waals surface area contributed by atoms with E-state index in [0.717, 1.165) is 24.6 Å². The van der Waals surface area contributed by atoms with E-state index in [0.29, 0.717) is 12.2 Å². The molecule has 1 aromatic carbocycles. The number of carbonyl (C=O) groups excluding carboxylic acids is 1. The molecule has 0 aliphatic carbocycles. The molecule has 0 bridgehead atoms. The van der Waals surface area contributed by atoms with Crippen molar-refractivity contribution in [2.75, 3.05) is 45.7 Å². The molecule has 138 valence electrons. The SMILES string of the molecule is CN=C(NCCN1CCCCC1)NCc1ccc(NC(=O)OC)cc1. The number of carbonyl (C=O) groups is 1. The molecule has 3 N–H and O–H groups in total. The van der Waals surface area contributed by atoms with Crippen LogP contribution in [-0.2, 0) is 11.3 Å². The Balaban J connectivity index is 1.69. The van der Waals surface area contributed by atoms with E-state index in [-0.39, 0.29) is 0 Å². The number of guanidine groups is 1. The minimum atomic E-state index is -0.468. The van der Waals surface area contributed by atoms with Crippen molar-refractivity contribution in [1.82, 2.24) is 15.5 Å². The molecule has 7 nitrogen and oxygen atoms in total. The van der Waals surface area contributed by atoms with Crippen molar-refractivity contribution in [1.29, 1.82) is 0 Å². The van der Waals surface area contributed by atoms with Gasteiger partial charge in [-0.3, -0.25) is 10.3 Å². The number of hydrogen-bond acceptors (Lipinski definition) is 4. The zero-order valence-corrected chi connectivity index (χ0v) is 15.2. The molecule has 1 fully saturated rings.